The van der Waals surface area contributed by atoms with Crippen LogP contribution in [-0.2, 0) is 6.54 Å². The Hall–Kier alpha value is -3.00. The van der Waals surface area contributed by atoms with Gasteiger partial charge in [-0.2, -0.15) is 0 Å². The molecule has 7 nitrogen and oxygen atoms in total. The molecule has 0 saturated heterocycles. The second-order valence-corrected chi connectivity index (χ2v) is 7.19. The summed E-state index contributed by atoms with van der Waals surface area (Å²) in [5.41, 5.74) is 6.83. The first kappa shape index (κ1) is 17.8. The lowest BCUT2D eigenvalue weighted by Gasteiger charge is -2.07. The lowest BCUT2D eigenvalue weighted by atomic mass is 10.0. The van der Waals surface area contributed by atoms with Crippen LogP contribution in [0.25, 0.3) is 10.2 Å². The third-order valence-electron chi connectivity index (χ3n) is 4.43. The van der Waals surface area contributed by atoms with Crippen LogP contribution in [0.15, 0.2) is 27.8 Å². The summed E-state index contributed by atoms with van der Waals surface area (Å²) in [4.78, 5) is 52.1. The first-order valence-corrected chi connectivity index (χ1v) is 8.68. The van der Waals surface area contributed by atoms with Gasteiger partial charge >= 0.3 is 5.69 Å². The third kappa shape index (κ3) is 2.88. The summed E-state index contributed by atoms with van der Waals surface area (Å²) in [7, 11) is 0. The maximum atomic E-state index is 12.7. The van der Waals surface area contributed by atoms with Crippen molar-refractivity contribution in [3.63, 3.8) is 0 Å². The summed E-state index contributed by atoms with van der Waals surface area (Å²) in [6.07, 6.45) is 0. The molecule has 0 aliphatic carbocycles. The standard InChI is InChI=1S/C18H17N3O4S/c1-8-4-5-11(6-9(8)2)12(22)7-21-17(24)13-10(3)14(15(19)23)26-16(13)20-18(21)25/h4-6H,7H2,1-3H3,(H2,19,23)(H,20,25). The zero-order valence-electron chi connectivity index (χ0n) is 14.5. The van der Waals surface area contributed by atoms with Crippen molar-refractivity contribution < 1.29 is 9.59 Å². The molecule has 8 heteroatoms. The Labute approximate surface area is 152 Å². The van der Waals surface area contributed by atoms with Crippen LogP contribution in [0.3, 0.4) is 0 Å². The Balaban J connectivity index is 2.10. The van der Waals surface area contributed by atoms with Crippen LogP contribution in [0, 0.1) is 20.8 Å². The topological polar surface area (TPSA) is 115 Å². The summed E-state index contributed by atoms with van der Waals surface area (Å²) < 4.78 is 0.852. The number of ketones is 1. The van der Waals surface area contributed by atoms with Crippen LogP contribution >= 0.6 is 11.3 Å². The zero-order chi connectivity index (χ0) is 19.2. The average molecular weight is 371 g/mol. The van der Waals surface area contributed by atoms with Crippen molar-refractivity contribution >= 4 is 33.2 Å². The van der Waals surface area contributed by atoms with Gasteiger partial charge in [-0.3, -0.25) is 23.9 Å². The molecule has 0 bridgehead atoms. The van der Waals surface area contributed by atoms with Crippen LogP contribution in [0.2, 0.25) is 0 Å². The van der Waals surface area contributed by atoms with Crippen molar-refractivity contribution in [3.8, 4) is 0 Å². The van der Waals surface area contributed by atoms with E-state index in [0.717, 1.165) is 27.0 Å². The number of primary amides is 1. The number of carbonyl (C=O) groups is 2. The maximum Gasteiger partial charge on any atom is 0.329 e. The number of H-pyrrole nitrogens is 1. The summed E-state index contributed by atoms with van der Waals surface area (Å²) in [6, 6.07) is 5.22. The normalized spacial score (nSPS) is 11.0. The number of nitrogens with zero attached hydrogens (tertiary/aromatic N) is 1. The minimum Gasteiger partial charge on any atom is -0.365 e. The molecule has 134 valence electrons. The maximum absolute atomic E-state index is 12.7. The predicted molar refractivity (Wildman–Crippen MR) is 100 cm³/mol. The van der Waals surface area contributed by atoms with Crippen LogP contribution < -0.4 is 17.0 Å². The molecule has 3 N–H and O–H groups in total. The predicted octanol–water partition coefficient (Wildman–Crippen LogP) is 1.66. The molecule has 0 aliphatic rings. The van der Waals surface area contributed by atoms with Gasteiger partial charge in [0.15, 0.2) is 5.78 Å². The van der Waals surface area contributed by atoms with Gasteiger partial charge in [-0.1, -0.05) is 12.1 Å². The number of hydrogen-bond acceptors (Lipinski definition) is 5. The number of thiophene rings is 1. The van der Waals surface area contributed by atoms with Crippen molar-refractivity contribution in [2.24, 2.45) is 5.73 Å². The van der Waals surface area contributed by atoms with E-state index in [1.54, 1.807) is 19.1 Å². The van der Waals surface area contributed by atoms with Gasteiger partial charge in [-0.25, -0.2) is 4.79 Å². The Morgan fingerprint density at radius 2 is 1.85 bits per heavy atom. The molecule has 2 aromatic heterocycles. The molecule has 26 heavy (non-hydrogen) atoms. The molecule has 1 aromatic carbocycles. The molecule has 0 fully saturated rings. The molecule has 0 spiro atoms. The van der Waals surface area contributed by atoms with E-state index in [-0.39, 0.29) is 27.4 Å². The number of rotatable bonds is 4. The van der Waals surface area contributed by atoms with E-state index in [4.69, 9.17) is 5.73 Å². The van der Waals surface area contributed by atoms with Gasteiger partial charge in [0.2, 0.25) is 0 Å². The van der Waals surface area contributed by atoms with Gasteiger partial charge in [-0.15, -0.1) is 11.3 Å². The fourth-order valence-electron chi connectivity index (χ4n) is 2.78. The number of aryl methyl sites for hydroxylation is 3. The first-order chi connectivity index (χ1) is 12.2. The van der Waals surface area contributed by atoms with Gasteiger partial charge in [0.25, 0.3) is 11.5 Å². The number of aromatic amines is 1. The molecule has 3 aromatic rings. The van der Waals surface area contributed by atoms with E-state index >= 15 is 0 Å². The van der Waals surface area contributed by atoms with Gasteiger partial charge in [-0.05, 0) is 43.5 Å². The van der Waals surface area contributed by atoms with Gasteiger partial charge < -0.3 is 5.73 Å². The number of carbonyl (C=O) groups excluding carboxylic acids is 2. The Morgan fingerprint density at radius 3 is 2.46 bits per heavy atom. The zero-order valence-corrected chi connectivity index (χ0v) is 15.3. The van der Waals surface area contributed by atoms with Gasteiger partial charge in [0, 0.05) is 5.56 Å². The molecular weight excluding hydrogens is 354 g/mol. The highest BCUT2D eigenvalue weighted by Gasteiger charge is 2.20. The van der Waals surface area contributed by atoms with Crippen LogP contribution in [0.4, 0.5) is 0 Å². The van der Waals surface area contributed by atoms with Crippen molar-refractivity contribution in [2.75, 3.05) is 0 Å². The van der Waals surface area contributed by atoms with E-state index in [1.165, 1.54) is 0 Å². The van der Waals surface area contributed by atoms with Gasteiger partial charge in [0.05, 0.1) is 16.8 Å². The Morgan fingerprint density at radius 1 is 1.15 bits per heavy atom. The van der Waals surface area contributed by atoms with Gasteiger partial charge in [0.1, 0.15) is 4.83 Å². The lowest BCUT2D eigenvalue weighted by Crippen LogP contribution is -2.37. The number of benzene rings is 1. The van der Waals surface area contributed by atoms with E-state index in [0.29, 0.717) is 11.1 Å². The number of aromatic nitrogens is 2. The van der Waals surface area contributed by atoms with Crippen LogP contribution in [0.1, 0.15) is 36.7 Å². The van der Waals surface area contributed by atoms with Crippen molar-refractivity contribution in [3.05, 3.63) is 66.2 Å². The van der Waals surface area contributed by atoms with E-state index < -0.39 is 17.2 Å². The molecule has 0 atom stereocenters. The largest absolute Gasteiger partial charge is 0.365 e. The third-order valence-corrected chi connectivity index (χ3v) is 5.65. The quantitative estimate of drug-likeness (QED) is 0.679. The highest BCUT2D eigenvalue weighted by atomic mass is 32.1. The van der Waals surface area contributed by atoms with Crippen LogP contribution in [-0.4, -0.2) is 21.2 Å². The molecule has 1 amide bonds. The molecular formula is C18H17N3O4S. The molecule has 3 rings (SSSR count). The number of Topliss-reactive ketones (excluding diaryl/α,β-unsaturated/α-hetero) is 1. The van der Waals surface area contributed by atoms with Crippen molar-refractivity contribution in [1.82, 2.24) is 9.55 Å². The Kier molecular flexibility index (Phi) is 4.37. The SMILES string of the molecule is Cc1ccc(C(=O)Cn2c(=O)[nH]c3sc(C(N)=O)c(C)c3c2=O)cc1C. The van der Waals surface area contributed by atoms with E-state index in [9.17, 15) is 19.2 Å². The van der Waals surface area contributed by atoms with Crippen molar-refractivity contribution in [2.45, 2.75) is 27.3 Å². The molecule has 2 heterocycles. The summed E-state index contributed by atoms with van der Waals surface area (Å²) >= 11 is 0.959. The Bertz CT molecular complexity index is 1180. The van der Waals surface area contributed by atoms with E-state index in [1.807, 2.05) is 19.9 Å². The molecule has 0 unspecified atom stereocenters. The minimum atomic E-state index is -0.697. The number of amides is 1. The van der Waals surface area contributed by atoms with E-state index in [2.05, 4.69) is 4.98 Å². The summed E-state index contributed by atoms with van der Waals surface area (Å²) in [5, 5.41) is 0.205. The smallest absolute Gasteiger partial charge is 0.329 e. The van der Waals surface area contributed by atoms with Crippen LogP contribution in [0.5, 0.6) is 0 Å². The monoisotopic (exact) mass is 371 g/mol. The average Bonchev–Trinajstić information content (AvgIpc) is 2.90. The molecule has 0 saturated carbocycles. The number of fused-ring (bicyclic) bond motifs is 1. The highest BCUT2D eigenvalue weighted by Crippen LogP contribution is 2.25. The fraction of sp³-hybridized carbons (Fsp3) is 0.222. The fourth-order valence-corrected chi connectivity index (χ4v) is 3.82. The highest BCUT2D eigenvalue weighted by molar-refractivity contribution is 7.20. The number of nitrogens with one attached hydrogen (secondary N) is 1. The van der Waals surface area contributed by atoms with Crippen molar-refractivity contribution in [1.29, 1.82) is 0 Å². The summed E-state index contributed by atoms with van der Waals surface area (Å²) in [6.45, 7) is 5.03. The minimum absolute atomic E-state index is 0.205. The molecule has 0 radical (unpaired) electrons. The second-order valence-electron chi connectivity index (χ2n) is 6.17. The first-order valence-electron chi connectivity index (χ1n) is 7.87. The molecule has 0 aliphatic heterocycles. The lowest BCUT2D eigenvalue weighted by molar-refractivity contribution is 0.0967. The number of nitrogens with two attached hydrogens (primary N) is 1. The number of hydrogen-bond donors (Lipinski definition) is 2. The second kappa shape index (κ2) is 6.38. The summed E-state index contributed by atoms with van der Waals surface area (Å²) in [5.74, 6) is -1.01.